The maximum atomic E-state index is 13.4. The molecule has 51 heavy (non-hydrogen) atoms. The Morgan fingerprint density at radius 3 is 1.02 bits per heavy atom. The van der Waals surface area contributed by atoms with E-state index in [4.69, 9.17) is 17.2 Å². The topological polar surface area (TPSA) is 148 Å². The van der Waals surface area contributed by atoms with E-state index in [1.807, 2.05) is 4.90 Å². The van der Waals surface area contributed by atoms with E-state index in [0.717, 1.165) is 38.8 Å². The highest BCUT2D eigenvalue weighted by atomic mass is 16.4. The van der Waals surface area contributed by atoms with Crippen LogP contribution in [0.3, 0.4) is 0 Å². The number of unbranched alkanes of at least 4 members (excludes halogenated alkanes) is 30. The molecule has 302 valence electrons. The summed E-state index contributed by atoms with van der Waals surface area (Å²) in [6, 6.07) is -1.83. The van der Waals surface area contributed by atoms with Crippen LogP contribution in [0.25, 0.3) is 0 Å². The Labute approximate surface area is 316 Å². The zero-order valence-electron chi connectivity index (χ0n) is 34.0. The van der Waals surface area contributed by atoms with Crippen molar-refractivity contribution in [3.8, 4) is 0 Å². The van der Waals surface area contributed by atoms with Crippen LogP contribution in [0.2, 0.25) is 0 Å². The van der Waals surface area contributed by atoms with Crippen molar-refractivity contribution in [3.63, 3.8) is 0 Å². The number of rotatable bonds is 40. The molecule has 8 nitrogen and oxygen atoms in total. The highest BCUT2D eigenvalue weighted by Gasteiger charge is 2.24. The fourth-order valence-corrected chi connectivity index (χ4v) is 7.15. The lowest BCUT2D eigenvalue weighted by Crippen LogP contribution is -2.45. The van der Waals surface area contributed by atoms with E-state index in [2.05, 4.69) is 18.8 Å². The third-order valence-electron chi connectivity index (χ3n) is 10.5. The van der Waals surface area contributed by atoms with Crippen molar-refractivity contribution in [2.75, 3.05) is 13.1 Å². The number of aliphatic carboxylic acids is 1. The third-order valence-corrected chi connectivity index (χ3v) is 10.5. The minimum Gasteiger partial charge on any atom is -0.480 e. The third kappa shape index (κ3) is 33.7. The Hall–Kier alpha value is -1.83. The average Bonchev–Trinajstić information content (AvgIpc) is 3.11. The van der Waals surface area contributed by atoms with Gasteiger partial charge in [0, 0.05) is 13.1 Å². The SMILES string of the molecule is CCCCCCCCCCCCCCCCCCN(CCCCCCCCCCCCCCCCCC)C(=O)C(N)CCC(N=C(N)N)C(=O)O. The molecule has 0 rings (SSSR count). The lowest BCUT2D eigenvalue weighted by atomic mass is 10.0. The zero-order valence-corrected chi connectivity index (χ0v) is 34.0. The molecule has 0 aromatic rings. The van der Waals surface area contributed by atoms with Crippen LogP contribution in [0.4, 0.5) is 0 Å². The van der Waals surface area contributed by atoms with Gasteiger partial charge >= 0.3 is 5.97 Å². The van der Waals surface area contributed by atoms with Gasteiger partial charge < -0.3 is 27.2 Å². The van der Waals surface area contributed by atoms with Crippen LogP contribution in [0.5, 0.6) is 0 Å². The first-order valence-corrected chi connectivity index (χ1v) is 22.2. The summed E-state index contributed by atoms with van der Waals surface area (Å²) in [5.74, 6) is -1.46. The van der Waals surface area contributed by atoms with Crippen LogP contribution in [0.15, 0.2) is 4.99 Å². The molecule has 1 amide bonds. The summed E-state index contributed by atoms with van der Waals surface area (Å²) in [6.45, 7) is 6.00. The highest BCUT2D eigenvalue weighted by Crippen LogP contribution is 2.17. The van der Waals surface area contributed by atoms with Crippen molar-refractivity contribution in [1.82, 2.24) is 4.90 Å². The van der Waals surface area contributed by atoms with E-state index in [0.29, 0.717) is 0 Å². The molecule has 2 atom stereocenters. The van der Waals surface area contributed by atoms with Gasteiger partial charge in [-0.3, -0.25) is 4.79 Å². The number of carbonyl (C=O) groups excluding carboxylic acids is 1. The largest absolute Gasteiger partial charge is 0.480 e. The number of carboxylic acids is 1. The molecule has 0 saturated heterocycles. The van der Waals surface area contributed by atoms with Crippen molar-refractivity contribution in [1.29, 1.82) is 0 Å². The van der Waals surface area contributed by atoms with E-state index >= 15 is 0 Å². The van der Waals surface area contributed by atoms with Crippen LogP contribution in [-0.4, -0.2) is 53.0 Å². The molecule has 0 aromatic heterocycles. The van der Waals surface area contributed by atoms with Crippen LogP contribution in [0, 0.1) is 0 Å². The molecule has 0 spiro atoms. The van der Waals surface area contributed by atoms with Crippen molar-refractivity contribution in [2.45, 2.75) is 244 Å². The first-order chi connectivity index (χ1) is 24.8. The Morgan fingerprint density at radius 1 is 0.490 bits per heavy atom. The van der Waals surface area contributed by atoms with E-state index < -0.39 is 18.1 Å². The fourth-order valence-electron chi connectivity index (χ4n) is 7.15. The van der Waals surface area contributed by atoms with Crippen LogP contribution >= 0.6 is 0 Å². The number of carbonyl (C=O) groups is 2. The summed E-state index contributed by atoms with van der Waals surface area (Å²) in [5, 5.41) is 9.45. The molecule has 0 aliphatic carbocycles. The Kier molecular flexibility index (Phi) is 36.6. The zero-order chi connectivity index (χ0) is 37.6. The molecule has 0 fully saturated rings. The van der Waals surface area contributed by atoms with Gasteiger partial charge in [-0.2, -0.15) is 0 Å². The van der Waals surface area contributed by atoms with E-state index in [9.17, 15) is 14.7 Å². The Bertz CT molecular complexity index is 769. The van der Waals surface area contributed by atoms with Gasteiger partial charge in [-0.05, 0) is 25.7 Å². The fraction of sp³-hybridized carbons (Fsp3) is 0.930. The lowest BCUT2D eigenvalue weighted by molar-refractivity contribution is -0.139. The number of aliphatic imine (C=N–C) groups is 1. The molecular weight excluding hydrogens is 635 g/mol. The quantitative estimate of drug-likeness (QED) is 0.0281. The predicted octanol–water partition coefficient (Wildman–Crippen LogP) is 11.2. The predicted molar refractivity (Wildman–Crippen MR) is 220 cm³/mol. The lowest BCUT2D eigenvalue weighted by Gasteiger charge is -2.26. The van der Waals surface area contributed by atoms with Crippen LogP contribution in [0.1, 0.15) is 232 Å². The summed E-state index contributed by atoms with van der Waals surface area (Å²) < 4.78 is 0. The van der Waals surface area contributed by atoms with Crippen molar-refractivity contribution >= 4 is 17.8 Å². The number of guanidine groups is 1. The maximum absolute atomic E-state index is 13.4. The monoisotopic (exact) mass is 722 g/mol. The summed E-state index contributed by atoms with van der Waals surface area (Å²) in [7, 11) is 0. The number of amides is 1. The number of hydrogen-bond donors (Lipinski definition) is 4. The maximum Gasteiger partial charge on any atom is 0.328 e. The number of nitrogens with zero attached hydrogens (tertiary/aromatic N) is 2. The molecule has 0 radical (unpaired) electrons. The van der Waals surface area contributed by atoms with Gasteiger partial charge in [-0.15, -0.1) is 0 Å². The van der Waals surface area contributed by atoms with Crippen LogP contribution in [-0.2, 0) is 9.59 Å². The molecule has 0 aromatic carbocycles. The number of carboxylic acid groups (broad SMARTS) is 1. The molecule has 0 heterocycles. The molecule has 0 aliphatic rings. The van der Waals surface area contributed by atoms with Crippen LogP contribution < -0.4 is 17.2 Å². The van der Waals surface area contributed by atoms with E-state index in [-0.39, 0.29) is 24.7 Å². The van der Waals surface area contributed by atoms with Gasteiger partial charge in [-0.1, -0.05) is 206 Å². The van der Waals surface area contributed by atoms with Crippen molar-refractivity contribution in [2.24, 2.45) is 22.2 Å². The number of hydrogen-bond acceptors (Lipinski definition) is 4. The number of nitrogens with two attached hydrogens (primary N) is 3. The van der Waals surface area contributed by atoms with E-state index in [1.54, 1.807) is 0 Å². The van der Waals surface area contributed by atoms with E-state index in [1.165, 1.54) is 180 Å². The van der Waals surface area contributed by atoms with Gasteiger partial charge in [-0.25, -0.2) is 9.79 Å². The second-order valence-corrected chi connectivity index (χ2v) is 15.5. The van der Waals surface area contributed by atoms with Gasteiger partial charge in [0.25, 0.3) is 0 Å². The van der Waals surface area contributed by atoms with Crippen molar-refractivity contribution in [3.05, 3.63) is 0 Å². The molecule has 2 unspecified atom stereocenters. The molecule has 7 N–H and O–H groups in total. The van der Waals surface area contributed by atoms with Gasteiger partial charge in [0.05, 0.1) is 6.04 Å². The summed E-state index contributed by atoms with van der Waals surface area (Å²) >= 11 is 0. The normalized spacial score (nSPS) is 12.5. The second-order valence-electron chi connectivity index (χ2n) is 15.5. The summed E-state index contributed by atoms with van der Waals surface area (Å²) in [5.41, 5.74) is 17.1. The molecule has 0 saturated carbocycles. The van der Waals surface area contributed by atoms with Gasteiger partial charge in [0.1, 0.15) is 0 Å². The van der Waals surface area contributed by atoms with Crippen molar-refractivity contribution < 1.29 is 14.7 Å². The Balaban J connectivity index is 4.31. The summed E-state index contributed by atoms with van der Waals surface area (Å²) in [4.78, 5) is 30.7. The highest BCUT2D eigenvalue weighted by molar-refractivity contribution is 5.83. The first-order valence-electron chi connectivity index (χ1n) is 22.2. The Morgan fingerprint density at radius 2 is 0.765 bits per heavy atom. The molecule has 0 aliphatic heterocycles. The first kappa shape index (κ1) is 49.2. The minimum atomic E-state index is -1.11. The van der Waals surface area contributed by atoms with Gasteiger partial charge in [0.2, 0.25) is 5.91 Å². The van der Waals surface area contributed by atoms with Gasteiger partial charge in [0.15, 0.2) is 12.0 Å². The second kappa shape index (κ2) is 37.9. The standard InChI is InChI=1S/C43H87N5O3/c1-3-5-7-9-11-13-15-17-19-21-23-25-27-29-31-33-37-48(41(49)39(44)35-36-40(42(50)51)47-43(45)46)38-34-32-30-28-26-24-22-20-18-16-14-12-10-8-6-4-2/h39-40H,3-38,44H2,1-2H3,(H,50,51)(H4,45,46,47). The molecule has 0 bridgehead atoms. The average molecular weight is 722 g/mol. The summed E-state index contributed by atoms with van der Waals surface area (Å²) in [6.07, 6.45) is 42.7. The minimum absolute atomic E-state index is 0.0780. The smallest absolute Gasteiger partial charge is 0.328 e. The molecule has 8 heteroatoms. The molecular formula is C43H87N5O3.